The summed E-state index contributed by atoms with van der Waals surface area (Å²) in [6, 6.07) is 0. The molecule has 0 aromatic carbocycles. The molecule has 1 aliphatic heterocycles. The fraction of sp³-hybridized carbons (Fsp3) is 0.200. The van der Waals surface area contributed by atoms with Gasteiger partial charge in [0.1, 0.15) is 6.54 Å². The first kappa shape index (κ1) is 7.39. The topological polar surface area (TPSA) is 101 Å². The molecule has 0 atom stereocenters. The fourth-order valence-electron chi connectivity index (χ4n) is 0.388. The first-order valence-electron chi connectivity index (χ1n) is 2.84. The van der Waals surface area contributed by atoms with Crippen LogP contribution in [0.5, 0.6) is 0 Å². The highest BCUT2D eigenvalue weighted by molar-refractivity contribution is 5.81. The van der Waals surface area contributed by atoms with Crippen LogP contribution in [0.1, 0.15) is 0 Å². The van der Waals surface area contributed by atoms with Crippen LogP contribution in [0.15, 0.2) is 12.2 Å². The highest BCUT2D eigenvalue weighted by atomic mass is 16.7. The van der Waals surface area contributed by atoms with Crippen LogP contribution in [0.4, 0.5) is 0 Å². The Bertz CT molecular complexity index is 223. The third-order valence-electron chi connectivity index (χ3n) is 0.852. The molecule has 0 saturated carbocycles. The van der Waals surface area contributed by atoms with E-state index in [1.165, 1.54) is 6.26 Å². The number of nitrogens with two attached hydrogens (primary N) is 1. The lowest BCUT2D eigenvalue weighted by molar-refractivity contribution is -0.139. The quantitative estimate of drug-likeness (QED) is 0.272. The zero-order valence-electron chi connectivity index (χ0n) is 5.59. The molecule has 0 saturated heterocycles. The van der Waals surface area contributed by atoms with Gasteiger partial charge in [0, 0.05) is 0 Å². The Morgan fingerprint density at radius 1 is 1.91 bits per heavy atom. The van der Waals surface area contributed by atoms with Gasteiger partial charge in [-0.15, -0.1) is 0 Å². The van der Waals surface area contributed by atoms with Gasteiger partial charge in [0.15, 0.2) is 12.2 Å². The van der Waals surface area contributed by atoms with E-state index in [0.717, 1.165) is 0 Å². The molecule has 0 aromatic heterocycles. The molecule has 6 heteroatoms. The predicted octanol–water partition coefficient (Wildman–Crippen LogP) is -1.16. The van der Waals surface area contributed by atoms with Gasteiger partial charge in [-0.3, -0.25) is 5.41 Å². The van der Waals surface area contributed by atoms with Gasteiger partial charge in [0.05, 0.1) is 0 Å². The predicted molar refractivity (Wildman–Crippen MR) is 35.2 cm³/mol. The molecule has 0 bridgehead atoms. The Labute approximate surface area is 62.5 Å². The fourth-order valence-corrected chi connectivity index (χ4v) is 0.388. The number of rotatable bonds is 3. The van der Waals surface area contributed by atoms with Crippen LogP contribution < -0.4 is 11.1 Å². The largest absolute Gasteiger partial charge is 0.424 e. The number of carbonyl (C=O) groups is 1. The minimum Gasteiger partial charge on any atom is -0.424 e. The number of esters is 1. The van der Waals surface area contributed by atoms with Crippen LogP contribution in [0.25, 0.3) is 0 Å². The lowest BCUT2D eigenvalue weighted by Crippen LogP contribution is -2.35. The number of hydrogen-bond donors (Lipinski definition) is 3. The standard InChI is InChI=1S/C5H7N3O3/c6-5(7)8-1-3(9)11-4-2-10-4/h2H,1H2,(H4,6,7,8). The van der Waals surface area contributed by atoms with Gasteiger partial charge in [-0.1, -0.05) is 0 Å². The highest BCUT2D eigenvalue weighted by Crippen LogP contribution is 2.13. The first-order valence-corrected chi connectivity index (χ1v) is 2.84. The Hall–Kier alpha value is -1.72. The second-order valence-electron chi connectivity index (χ2n) is 1.80. The van der Waals surface area contributed by atoms with E-state index in [4.69, 9.17) is 11.1 Å². The Morgan fingerprint density at radius 2 is 2.55 bits per heavy atom. The molecule has 0 amide bonds. The minimum atomic E-state index is -0.538. The zero-order valence-corrected chi connectivity index (χ0v) is 5.59. The summed E-state index contributed by atoms with van der Waals surface area (Å²) in [5, 5.41) is 8.98. The van der Waals surface area contributed by atoms with Crippen molar-refractivity contribution in [2.24, 2.45) is 5.73 Å². The van der Waals surface area contributed by atoms with Crippen molar-refractivity contribution in [2.75, 3.05) is 6.54 Å². The van der Waals surface area contributed by atoms with Gasteiger partial charge >= 0.3 is 11.9 Å². The normalized spacial score (nSPS) is 12.5. The zero-order chi connectivity index (χ0) is 8.27. The van der Waals surface area contributed by atoms with Crippen LogP contribution in [-0.4, -0.2) is 18.5 Å². The van der Waals surface area contributed by atoms with Crippen LogP contribution in [0.3, 0.4) is 0 Å². The SMILES string of the molecule is N=C(N)NCC(=O)OC1=CO1. The van der Waals surface area contributed by atoms with E-state index in [1.54, 1.807) is 0 Å². The summed E-state index contributed by atoms with van der Waals surface area (Å²) in [6.45, 7) is -0.129. The molecule has 0 radical (unpaired) electrons. The van der Waals surface area contributed by atoms with Crippen LogP contribution >= 0.6 is 0 Å². The number of nitrogens with one attached hydrogen (secondary N) is 2. The van der Waals surface area contributed by atoms with Crippen molar-refractivity contribution in [3.63, 3.8) is 0 Å². The molecule has 1 heterocycles. The van der Waals surface area contributed by atoms with Crippen molar-refractivity contribution in [1.82, 2.24) is 5.32 Å². The summed E-state index contributed by atoms with van der Waals surface area (Å²) in [7, 11) is 0. The molecule has 60 valence electrons. The monoisotopic (exact) mass is 157 g/mol. The molecule has 0 spiro atoms. The number of carbonyl (C=O) groups excluding carboxylic acids is 1. The van der Waals surface area contributed by atoms with Crippen molar-refractivity contribution < 1.29 is 14.3 Å². The molecule has 1 aliphatic rings. The number of guanidine groups is 1. The van der Waals surface area contributed by atoms with E-state index in [0.29, 0.717) is 0 Å². The summed E-state index contributed by atoms with van der Waals surface area (Å²) >= 11 is 0. The van der Waals surface area contributed by atoms with E-state index in [-0.39, 0.29) is 18.4 Å². The molecular weight excluding hydrogens is 150 g/mol. The van der Waals surface area contributed by atoms with Crippen molar-refractivity contribution in [3.8, 4) is 0 Å². The van der Waals surface area contributed by atoms with Gasteiger partial charge in [-0.25, -0.2) is 4.79 Å². The Kier molecular flexibility index (Phi) is 1.95. The maximum atomic E-state index is 10.6. The van der Waals surface area contributed by atoms with E-state index in [9.17, 15) is 4.79 Å². The minimum absolute atomic E-state index is 0.129. The van der Waals surface area contributed by atoms with E-state index in [2.05, 4.69) is 14.8 Å². The lowest BCUT2D eigenvalue weighted by atomic mass is 10.6. The molecule has 0 aliphatic carbocycles. The molecule has 6 nitrogen and oxygen atoms in total. The molecule has 0 aromatic rings. The number of ether oxygens (including phenoxy) is 2. The smallest absolute Gasteiger partial charge is 0.333 e. The van der Waals surface area contributed by atoms with Crippen LogP contribution in [-0.2, 0) is 14.3 Å². The van der Waals surface area contributed by atoms with Gasteiger partial charge in [0.25, 0.3) is 0 Å². The van der Waals surface area contributed by atoms with Crippen LogP contribution in [0.2, 0.25) is 0 Å². The maximum absolute atomic E-state index is 10.6. The summed E-state index contributed by atoms with van der Waals surface area (Å²) in [4.78, 5) is 10.6. The van der Waals surface area contributed by atoms with Gasteiger partial charge in [-0.05, 0) is 0 Å². The molecule has 11 heavy (non-hydrogen) atoms. The van der Waals surface area contributed by atoms with E-state index >= 15 is 0 Å². The van der Waals surface area contributed by atoms with Crippen molar-refractivity contribution in [2.45, 2.75) is 0 Å². The van der Waals surface area contributed by atoms with Gasteiger partial charge in [0.2, 0.25) is 0 Å². The van der Waals surface area contributed by atoms with E-state index in [1.807, 2.05) is 0 Å². The average Bonchev–Trinajstić information content (AvgIpc) is 2.67. The third-order valence-corrected chi connectivity index (χ3v) is 0.852. The summed E-state index contributed by atoms with van der Waals surface area (Å²) in [5.41, 5.74) is 4.91. The number of hydrogen-bond acceptors (Lipinski definition) is 4. The highest BCUT2D eigenvalue weighted by Gasteiger charge is 2.16. The van der Waals surface area contributed by atoms with Crippen molar-refractivity contribution in [3.05, 3.63) is 12.2 Å². The van der Waals surface area contributed by atoms with Crippen molar-refractivity contribution >= 4 is 11.9 Å². The van der Waals surface area contributed by atoms with Crippen molar-refractivity contribution in [1.29, 1.82) is 5.41 Å². The second-order valence-corrected chi connectivity index (χ2v) is 1.80. The summed E-state index contributed by atoms with van der Waals surface area (Å²) in [6.07, 6.45) is 1.30. The third kappa shape index (κ3) is 3.09. The summed E-state index contributed by atoms with van der Waals surface area (Å²) in [5.74, 6) is -0.614. The van der Waals surface area contributed by atoms with Gasteiger partial charge in [-0.2, -0.15) is 0 Å². The summed E-state index contributed by atoms with van der Waals surface area (Å²) < 4.78 is 8.92. The van der Waals surface area contributed by atoms with Gasteiger partial charge < -0.3 is 20.5 Å². The van der Waals surface area contributed by atoms with Crippen LogP contribution in [0, 0.1) is 5.41 Å². The van der Waals surface area contributed by atoms with E-state index < -0.39 is 5.97 Å². The molecular formula is C5H7N3O3. The first-order chi connectivity index (χ1) is 5.18. The second kappa shape index (κ2) is 2.91. The maximum Gasteiger partial charge on any atom is 0.333 e. The Balaban J connectivity index is 2.10. The molecule has 0 unspecified atom stereocenters. The average molecular weight is 157 g/mol. The molecule has 1 rings (SSSR count). The molecule has 0 fully saturated rings. The lowest BCUT2D eigenvalue weighted by Gasteiger charge is -1.99. The molecule has 4 N–H and O–H groups in total. The Morgan fingerprint density at radius 3 is 3.00 bits per heavy atom.